The van der Waals surface area contributed by atoms with Crippen molar-refractivity contribution in [3.05, 3.63) is 34.9 Å². The first kappa shape index (κ1) is 20.5. The van der Waals surface area contributed by atoms with Gasteiger partial charge in [0.15, 0.2) is 5.96 Å². The van der Waals surface area contributed by atoms with Gasteiger partial charge in [-0.3, -0.25) is 0 Å². The van der Waals surface area contributed by atoms with Crippen LogP contribution < -0.4 is 10.6 Å². The van der Waals surface area contributed by atoms with Gasteiger partial charge in [0.1, 0.15) is 9.84 Å². The number of hydrogen-bond acceptors (Lipinski definition) is 3. The first-order chi connectivity index (χ1) is 9.40. The minimum atomic E-state index is -2.97. The Balaban J connectivity index is 0.00000400. The van der Waals surface area contributed by atoms with Gasteiger partial charge in [-0.25, -0.2) is 13.4 Å². The number of halogens is 2. The Morgan fingerprint density at radius 2 is 1.86 bits per heavy atom. The number of sulfone groups is 1. The Kier molecular flexibility index (Phi) is 9.97. The summed E-state index contributed by atoms with van der Waals surface area (Å²) in [5, 5.41) is 6.75. The first-order valence-electron chi connectivity index (χ1n) is 6.35. The van der Waals surface area contributed by atoms with Crippen molar-refractivity contribution in [2.45, 2.75) is 13.5 Å². The van der Waals surface area contributed by atoms with Crippen molar-refractivity contribution in [3.63, 3.8) is 0 Å². The number of aliphatic imine (C=N–C) groups is 1. The van der Waals surface area contributed by atoms with Crippen LogP contribution in [0.25, 0.3) is 0 Å². The molecular weight excluding hydrogens is 425 g/mol. The third-order valence-electron chi connectivity index (χ3n) is 2.44. The van der Waals surface area contributed by atoms with Crippen LogP contribution in [-0.4, -0.2) is 39.5 Å². The van der Waals surface area contributed by atoms with E-state index in [0.717, 1.165) is 5.56 Å². The van der Waals surface area contributed by atoms with E-state index >= 15 is 0 Å². The van der Waals surface area contributed by atoms with Gasteiger partial charge in [-0.05, 0) is 24.6 Å². The fourth-order valence-corrected chi connectivity index (χ4v) is 2.06. The van der Waals surface area contributed by atoms with E-state index in [0.29, 0.717) is 30.6 Å². The zero-order valence-corrected chi connectivity index (χ0v) is 16.0. The van der Waals surface area contributed by atoms with Crippen molar-refractivity contribution in [2.24, 2.45) is 4.99 Å². The second-order valence-electron chi connectivity index (χ2n) is 4.38. The van der Waals surface area contributed by atoms with Gasteiger partial charge in [-0.15, -0.1) is 24.0 Å². The van der Waals surface area contributed by atoms with Crippen LogP contribution in [0.15, 0.2) is 29.3 Å². The molecule has 1 aromatic rings. The van der Waals surface area contributed by atoms with E-state index in [1.165, 1.54) is 6.26 Å². The molecule has 21 heavy (non-hydrogen) atoms. The molecule has 0 aliphatic heterocycles. The molecular formula is C13H21ClIN3O2S. The molecule has 0 bridgehead atoms. The van der Waals surface area contributed by atoms with Crippen molar-refractivity contribution >= 4 is 51.4 Å². The van der Waals surface area contributed by atoms with Crippen LogP contribution >= 0.6 is 35.6 Å². The van der Waals surface area contributed by atoms with E-state index < -0.39 is 9.84 Å². The van der Waals surface area contributed by atoms with E-state index in [-0.39, 0.29) is 29.7 Å². The molecule has 0 saturated carbocycles. The predicted molar refractivity (Wildman–Crippen MR) is 99.4 cm³/mol. The lowest BCUT2D eigenvalue weighted by atomic mass is 10.2. The highest BCUT2D eigenvalue weighted by molar-refractivity contribution is 14.0. The Morgan fingerprint density at radius 3 is 2.38 bits per heavy atom. The summed E-state index contributed by atoms with van der Waals surface area (Å²) in [4.78, 5) is 4.39. The molecule has 0 aliphatic rings. The molecule has 1 aromatic carbocycles. The lowest BCUT2D eigenvalue weighted by Crippen LogP contribution is -2.39. The van der Waals surface area contributed by atoms with Crippen LogP contribution in [0.2, 0.25) is 5.02 Å². The average Bonchev–Trinajstić information content (AvgIpc) is 2.36. The van der Waals surface area contributed by atoms with Crippen molar-refractivity contribution in [1.82, 2.24) is 10.6 Å². The van der Waals surface area contributed by atoms with Gasteiger partial charge in [0.2, 0.25) is 0 Å². The maximum Gasteiger partial charge on any atom is 0.191 e. The van der Waals surface area contributed by atoms with Crippen molar-refractivity contribution in [1.29, 1.82) is 0 Å². The van der Waals surface area contributed by atoms with Crippen molar-refractivity contribution in [2.75, 3.05) is 25.1 Å². The van der Waals surface area contributed by atoms with Gasteiger partial charge in [0, 0.05) is 24.4 Å². The lowest BCUT2D eigenvalue weighted by molar-refractivity contribution is 0.600. The molecule has 0 unspecified atom stereocenters. The molecule has 0 aliphatic carbocycles. The van der Waals surface area contributed by atoms with Gasteiger partial charge in [0.25, 0.3) is 0 Å². The van der Waals surface area contributed by atoms with Gasteiger partial charge < -0.3 is 10.6 Å². The molecule has 0 heterocycles. The van der Waals surface area contributed by atoms with Crippen LogP contribution in [-0.2, 0) is 16.4 Å². The summed E-state index contributed by atoms with van der Waals surface area (Å²) in [5.41, 5.74) is 1.04. The van der Waals surface area contributed by atoms with Crippen molar-refractivity contribution in [3.8, 4) is 0 Å². The highest BCUT2D eigenvalue weighted by atomic mass is 127. The van der Waals surface area contributed by atoms with Gasteiger partial charge in [0.05, 0.1) is 12.3 Å². The second-order valence-corrected chi connectivity index (χ2v) is 7.07. The Labute approximate surface area is 148 Å². The summed E-state index contributed by atoms with van der Waals surface area (Å²) in [5.74, 6) is 0.685. The molecule has 0 radical (unpaired) electrons. The summed E-state index contributed by atoms with van der Waals surface area (Å²) in [6, 6.07) is 7.45. The van der Waals surface area contributed by atoms with Crippen LogP contribution in [0.4, 0.5) is 0 Å². The smallest absolute Gasteiger partial charge is 0.191 e. The summed E-state index contributed by atoms with van der Waals surface area (Å²) in [6.07, 6.45) is 1.21. The van der Waals surface area contributed by atoms with Crippen LogP contribution in [0.5, 0.6) is 0 Å². The highest BCUT2D eigenvalue weighted by Crippen LogP contribution is 2.09. The molecule has 120 valence electrons. The standard InChI is InChI=1S/C13H20ClN3O2S.HI/c1-3-15-13(16-8-9-20(2,18)19)17-10-11-4-6-12(14)7-5-11;/h4-7H,3,8-10H2,1-2H3,(H2,15,16,17);1H. The van der Waals surface area contributed by atoms with E-state index in [4.69, 9.17) is 11.6 Å². The summed E-state index contributed by atoms with van der Waals surface area (Å²) in [6.45, 7) is 3.51. The van der Waals surface area contributed by atoms with Crippen LogP contribution in [0.1, 0.15) is 12.5 Å². The van der Waals surface area contributed by atoms with Gasteiger partial charge in [-0.1, -0.05) is 23.7 Å². The van der Waals surface area contributed by atoms with Crippen LogP contribution in [0.3, 0.4) is 0 Å². The van der Waals surface area contributed by atoms with Gasteiger partial charge >= 0.3 is 0 Å². The van der Waals surface area contributed by atoms with Gasteiger partial charge in [-0.2, -0.15) is 0 Å². The van der Waals surface area contributed by atoms with E-state index in [1.807, 2.05) is 31.2 Å². The predicted octanol–water partition coefficient (Wildman–Crippen LogP) is 2.06. The fraction of sp³-hybridized carbons (Fsp3) is 0.462. The molecule has 1 rings (SSSR count). The SMILES string of the molecule is CCNC(=NCc1ccc(Cl)cc1)NCCS(C)(=O)=O.I. The molecule has 0 aromatic heterocycles. The maximum absolute atomic E-state index is 11.1. The summed E-state index contributed by atoms with van der Waals surface area (Å²) >= 11 is 5.82. The number of hydrogen-bond donors (Lipinski definition) is 2. The first-order valence-corrected chi connectivity index (χ1v) is 8.79. The normalized spacial score (nSPS) is 11.7. The molecule has 8 heteroatoms. The monoisotopic (exact) mass is 445 g/mol. The summed E-state index contributed by atoms with van der Waals surface area (Å²) in [7, 11) is -2.97. The lowest BCUT2D eigenvalue weighted by Gasteiger charge is -2.10. The van der Waals surface area contributed by atoms with Crippen molar-refractivity contribution < 1.29 is 8.42 Å². The maximum atomic E-state index is 11.1. The molecule has 0 atom stereocenters. The minimum Gasteiger partial charge on any atom is -0.357 e. The number of benzene rings is 1. The molecule has 0 amide bonds. The Morgan fingerprint density at radius 1 is 1.24 bits per heavy atom. The Bertz CT molecular complexity index is 547. The fourth-order valence-electron chi connectivity index (χ4n) is 1.46. The molecule has 2 N–H and O–H groups in total. The van der Waals surface area contributed by atoms with E-state index in [1.54, 1.807) is 0 Å². The number of rotatable bonds is 6. The number of nitrogens with zero attached hydrogens (tertiary/aromatic N) is 1. The van der Waals surface area contributed by atoms with E-state index in [2.05, 4.69) is 15.6 Å². The molecule has 0 saturated heterocycles. The minimum absolute atomic E-state index is 0. The molecule has 5 nitrogen and oxygen atoms in total. The summed E-state index contributed by atoms with van der Waals surface area (Å²) < 4.78 is 22.1. The number of guanidine groups is 1. The van der Waals surface area contributed by atoms with Crippen LogP contribution in [0, 0.1) is 0 Å². The zero-order valence-electron chi connectivity index (χ0n) is 12.1. The highest BCUT2D eigenvalue weighted by Gasteiger charge is 2.03. The molecule has 0 spiro atoms. The quantitative estimate of drug-likeness (QED) is 0.399. The topological polar surface area (TPSA) is 70.6 Å². The number of nitrogens with one attached hydrogen (secondary N) is 2. The average molecular weight is 446 g/mol. The third kappa shape index (κ3) is 9.92. The largest absolute Gasteiger partial charge is 0.357 e. The third-order valence-corrected chi connectivity index (χ3v) is 3.64. The molecule has 0 fully saturated rings. The van der Waals surface area contributed by atoms with E-state index in [9.17, 15) is 8.42 Å². The second kappa shape index (κ2) is 10.2. The Hall–Kier alpha value is -0.540. The zero-order chi connectivity index (χ0) is 15.0.